The molecule has 2 heterocycles. The number of carbonyl (C=O) groups excluding carboxylic acids is 1. The van der Waals surface area contributed by atoms with E-state index in [-0.39, 0.29) is 31.9 Å². The first-order valence-corrected chi connectivity index (χ1v) is 13.5. The first-order chi connectivity index (χ1) is 17.3. The topological polar surface area (TPSA) is 115 Å². The zero-order chi connectivity index (χ0) is 25.3. The van der Waals surface area contributed by atoms with Crippen LogP contribution in [0.25, 0.3) is 11.3 Å². The minimum Gasteiger partial charge on any atom is -0.454 e. The van der Waals surface area contributed by atoms with Crippen molar-refractivity contribution in [2.45, 2.75) is 49.0 Å². The number of Topliss-reactive ketones (excluding diaryl/α,β-unsaturated/α-hetero) is 1. The summed E-state index contributed by atoms with van der Waals surface area (Å²) >= 11 is 0. The molecule has 0 unspecified atom stereocenters. The van der Waals surface area contributed by atoms with Gasteiger partial charge in [-0.1, -0.05) is 31.2 Å². The average Bonchev–Trinajstić information content (AvgIpc) is 3.58. The van der Waals surface area contributed by atoms with Crippen molar-refractivity contribution in [2.24, 2.45) is 0 Å². The molecule has 0 saturated heterocycles. The van der Waals surface area contributed by atoms with Crippen LogP contribution in [0.1, 0.15) is 38.9 Å². The molecule has 0 amide bonds. The van der Waals surface area contributed by atoms with Gasteiger partial charge >= 0.3 is 0 Å². The van der Waals surface area contributed by atoms with Crippen molar-refractivity contribution in [3.63, 3.8) is 0 Å². The highest BCUT2D eigenvalue weighted by Gasteiger charge is 2.51. The Labute approximate surface area is 211 Å². The van der Waals surface area contributed by atoms with E-state index >= 15 is 0 Å². The van der Waals surface area contributed by atoms with E-state index in [1.54, 1.807) is 19.1 Å². The molecule has 1 aliphatic heterocycles. The molecule has 2 aliphatic rings. The van der Waals surface area contributed by atoms with Gasteiger partial charge in [-0.3, -0.25) is 9.78 Å². The molecule has 0 radical (unpaired) electrons. The lowest BCUT2D eigenvalue weighted by molar-refractivity contribution is -0.120. The van der Waals surface area contributed by atoms with Crippen LogP contribution in [0.15, 0.2) is 65.6 Å². The standard InChI is InChI=1S/C27H28N2O6S.H2/c1-2-20(16-30)29-36(32,33)22-9-6-18(7-10-22)23-5-3-4-21(28-23)15-26(31)27(12-13-27)19-8-11-24-25(14-19)35-17-34-24;/h3-11,14,20,29-30H,2,12-13,15-17H2,1H3;1H/t20-;/m1./s1. The van der Waals surface area contributed by atoms with Crippen LogP contribution in [0.3, 0.4) is 0 Å². The van der Waals surface area contributed by atoms with E-state index in [1.165, 1.54) is 12.1 Å². The number of rotatable bonds is 10. The van der Waals surface area contributed by atoms with Crippen molar-refractivity contribution in [1.29, 1.82) is 0 Å². The van der Waals surface area contributed by atoms with Gasteiger partial charge in [0, 0.05) is 25.1 Å². The smallest absolute Gasteiger partial charge is 0.240 e. The molecule has 1 saturated carbocycles. The van der Waals surface area contributed by atoms with Crippen LogP contribution >= 0.6 is 0 Å². The van der Waals surface area contributed by atoms with Gasteiger partial charge in [0.15, 0.2) is 11.5 Å². The van der Waals surface area contributed by atoms with E-state index in [9.17, 15) is 18.3 Å². The van der Waals surface area contributed by atoms with E-state index in [1.807, 2.05) is 36.4 Å². The molecule has 2 aromatic carbocycles. The molecular formula is C27H30N2O6S. The van der Waals surface area contributed by atoms with Crippen molar-refractivity contribution < 1.29 is 29.2 Å². The summed E-state index contributed by atoms with van der Waals surface area (Å²) in [6, 6.07) is 17.1. The van der Waals surface area contributed by atoms with Crippen LogP contribution in [-0.2, 0) is 26.7 Å². The Morgan fingerprint density at radius 1 is 1.11 bits per heavy atom. The Morgan fingerprint density at radius 3 is 2.56 bits per heavy atom. The fourth-order valence-electron chi connectivity index (χ4n) is 4.46. The van der Waals surface area contributed by atoms with Crippen molar-refractivity contribution in [3.05, 3.63) is 71.9 Å². The van der Waals surface area contributed by atoms with Crippen LogP contribution in [-0.4, -0.2) is 43.7 Å². The summed E-state index contributed by atoms with van der Waals surface area (Å²) in [7, 11) is -3.74. The molecular weight excluding hydrogens is 480 g/mol. The Balaban J connectivity index is 0.00000320. The number of ether oxygens (including phenoxy) is 2. The fourth-order valence-corrected chi connectivity index (χ4v) is 5.77. The van der Waals surface area contributed by atoms with E-state index in [2.05, 4.69) is 9.71 Å². The van der Waals surface area contributed by atoms with Gasteiger partial charge in [-0.15, -0.1) is 0 Å². The summed E-state index contributed by atoms with van der Waals surface area (Å²) in [5.74, 6) is 1.49. The molecule has 0 spiro atoms. The van der Waals surface area contributed by atoms with Crippen molar-refractivity contribution in [3.8, 4) is 22.8 Å². The molecule has 2 N–H and O–H groups in total. The normalized spacial score (nSPS) is 16.5. The fraction of sp³-hybridized carbons (Fsp3) is 0.333. The SMILES string of the molecule is CC[C@H](CO)NS(=O)(=O)c1ccc(-c2cccc(CC(=O)C3(c4ccc5c(c4)OCO5)CC3)n2)cc1.[HH]. The van der Waals surface area contributed by atoms with E-state index in [0.717, 1.165) is 24.0 Å². The first kappa shape index (κ1) is 24.4. The van der Waals surface area contributed by atoms with Crippen LogP contribution in [0, 0.1) is 0 Å². The summed E-state index contributed by atoms with van der Waals surface area (Å²) in [5, 5.41) is 9.30. The highest BCUT2D eigenvalue weighted by molar-refractivity contribution is 7.89. The Kier molecular flexibility index (Phi) is 6.55. The minimum atomic E-state index is -3.74. The van der Waals surface area contributed by atoms with Gasteiger partial charge in [0.05, 0.1) is 22.6 Å². The predicted octanol–water partition coefficient (Wildman–Crippen LogP) is 3.62. The summed E-state index contributed by atoms with van der Waals surface area (Å²) in [6.07, 6.45) is 2.28. The van der Waals surface area contributed by atoms with Gasteiger partial charge in [-0.05, 0) is 61.2 Å². The third-order valence-corrected chi connectivity index (χ3v) is 8.39. The number of fused-ring (bicyclic) bond motifs is 1. The summed E-state index contributed by atoms with van der Waals surface area (Å²) in [6.45, 7) is 1.73. The molecule has 3 aromatic rings. The third kappa shape index (κ3) is 4.74. The maximum absolute atomic E-state index is 13.3. The van der Waals surface area contributed by atoms with E-state index in [4.69, 9.17) is 9.47 Å². The highest BCUT2D eigenvalue weighted by atomic mass is 32.2. The Morgan fingerprint density at radius 2 is 1.86 bits per heavy atom. The van der Waals surface area contributed by atoms with Crippen LogP contribution in [0.4, 0.5) is 0 Å². The second-order valence-electron chi connectivity index (χ2n) is 9.20. The monoisotopic (exact) mass is 510 g/mol. The number of ketones is 1. The molecule has 1 fully saturated rings. The van der Waals surface area contributed by atoms with Crippen molar-refractivity contribution >= 4 is 15.8 Å². The third-order valence-electron chi connectivity index (χ3n) is 6.85. The summed E-state index contributed by atoms with van der Waals surface area (Å²) in [5.41, 5.74) is 2.51. The van der Waals surface area contributed by atoms with Gasteiger partial charge in [-0.25, -0.2) is 13.1 Å². The van der Waals surface area contributed by atoms with Crippen LogP contribution in [0.5, 0.6) is 11.5 Å². The zero-order valence-electron chi connectivity index (χ0n) is 19.9. The number of hydrogen-bond acceptors (Lipinski definition) is 7. The Bertz CT molecular complexity index is 1390. The van der Waals surface area contributed by atoms with Crippen molar-refractivity contribution in [1.82, 2.24) is 9.71 Å². The number of aliphatic hydroxyl groups is 1. The number of aliphatic hydroxyl groups excluding tert-OH is 1. The van der Waals surface area contributed by atoms with Gasteiger partial charge in [0.2, 0.25) is 16.8 Å². The number of hydrogen-bond donors (Lipinski definition) is 2. The lowest BCUT2D eigenvalue weighted by atomic mass is 9.88. The zero-order valence-corrected chi connectivity index (χ0v) is 20.8. The lowest BCUT2D eigenvalue weighted by Crippen LogP contribution is -2.36. The highest BCUT2D eigenvalue weighted by Crippen LogP contribution is 2.51. The van der Waals surface area contributed by atoms with Crippen LogP contribution < -0.4 is 14.2 Å². The molecule has 8 nitrogen and oxygen atoms in total. The van der Waals surface area contributed by atoms with Gasteiger partial charge in [0.25, 0.3) is 0 Å². The molecule has 190 valence electrons. The molecule has 36 heavy (non-hydrogen) atoms. The number of sulfonamides is 1. The van der Waals surface area contributed by atoms with Gasteiger partial charge < -0.3 is 14.6 Å². The minimum absolute atomic E-state index is 0. The van der Waals surface area contributed by atoms with Crippen molar-refractivity contribution in [2.75, 3.05) is 13.4 Å². The number of carbonyl (C=O) groups is 1. The predicted molar refractivity (Wildman–Crippen MR) is 135 cm³/mol. The number of aromatic nitrogens is 1. The molecule has 1 aromatic heterocycles. The molecule has 1 aliphatic carbocycles. The number of nitrogens with zero attached hydrogens (tertiary/aromatic N) is 1. The van der Waals surface area contributed by atoms with E-state index in [0.29, 0.717) is 29.3 Å². The van der Waals surface area contributed by atoms with Gasteiger partial charge in [0.1, 0.15) is 5.78 Å². The number of nitrogens with one attached hydrogen (secondary N) is 1. The number of benzene rings is 2. The Hall–Kier alpha value is -3.27. The number of pyridine rings is 1. The first-order valence-electron chi connectivity index (χ1n) is 12.0. The second kappa shape index (κ2) is 9.65. The molecule has 5 rings (SSSR count). The lowest BCUT2D eigenvalue weighted by Gasteiger charge is -2.15. The molecule has 0 bridgehead atoms. The summed E-state index contributed by atoms with van der Waals surface area (Å²) in [4.78, 5) is 18.1. The van der Waals surface area contributed by atoms with Crippen LogP contribution in [0.2, 0.25) is 0 Å². The largest absolute Gasteiger partial charge is 0.454 e. The maximum atomic E-state index is 13.3. The van der Waals surface area contributed by atoms with E-state index < -0.39 is 21.5 Å². The quantitative estimate of drug-likeness (QED) is 0.428. The summed E-state index contributed by atoms with van der Waals surface area (Å²) < 4.78 is 38.5. The average molecular weight is 511 g/mol. The second-order valence-corrected chi connectivity index (χ2v) is 10.9. The van der Waals surface area contributed by atoms with Gasteiger partial charge in [-0.2, -0.15) is 0 Å². The molecule has 9 heteroatoms. The maximum Gasteiger partial charge on any atom is 0.240 e. The molecule has 1 atom stereocenters.